The zero-order valence-electron chi connectivity index (χ0n) is 43.9. The molecule has 10 aromatic rings. The van der Waals surface area contributed by atoms with Crippen LogP contribution in [0.4, 0.5) is 0 Å². The summed E-state index contributed by atoms with van der Waals surface area (Å²) in [5, 5.41) is 5.44. The predicted molar refractivity (Wildman–Crippen MR) is 316 cm³/mol. The van der Waals surface area contributed by atoms with E-state index in [0.717, 1.165) is 35.2 Å². The van der Waals surface area contributed by atoms with Gasteiger partial charge in [0.25, 0.3) is 0 Å². The molecule has 0 spiro atoms. The van der Waals surface area contributed by atoms with Gasteiger partial charge < -0.3 is 0 Å². The molecule has 10 aromatic carbocycles. The third-order valence-corrected chi connectivity index (χ3v) is 13.1. The molecule has 0 aliphatic rings. The Kier molecular flexibility index (Phi) is 19.7. The molecule has 0 aliphatic carbocycles. The second-order valence-corrected chi connectivity index (χ2v) is 24.5. The first-order chi connectivity index (χ1) is 34.7. The third kappa shape index (κ3) is 14.5. The summed E-state index contributed by atoms with van der Waals surface area (Å²) >= 11 is -0.826. The summed E-state index contributed by atoms with van der Waals surface area (Å²) in [6, 6.07) is 68.1. The van der Waals surface area contributed by atoms with E-state index in [1.54, 1.807) is 0 Å². The van der Waals surface area contributed by atoms with E-state index in [9.17, 15) is 0 Å². The number of aryl methyl sites for hydroxylation is 12. The van der Waals surface area contributed by atoms with E-state index >= 15 is 0 Å². The van der Waals surface area contributed by atoms with Crippen molar-refractivity contribution < 1.29 is 20.8 Å². The third-order valence-electron chi connectivity index (χ3n) is 13.1. The molecule has 0 aromatic heterocycles. The molecular formula is C68H68Cl2SiZr. The van der Waals surface area contributed by atoms with E-state index in [1.807, 2.05) is 0 Å². The van der Waals surface area contributed by atoms with E-state index < -0.39 is 20.8 Å². The van der Waals surface area contributed by atoms with Crippen molar-refractivity contribution in [2.45, 2.75) is 94.2 Å². The molecule has 72 heavy (non-hydrogen) atoms. The summed E-state index contributed by atoms with van der Waals surface area (Å²) in [6.45, 7) is 21.8. The first-order valence-electron chi connectivity index (χ1n) is 25.2. The van der Waals surface area contributed by atoms with E-state index in [2.05, 4.69) is 250 Å². The fourth-order valence-electron chi connectivity index (χ4n) is 10.4. The van der Waals surface area contributed by atoms with Crippen molar-refractivity contribution in [2.24, 2.45) is 0 Å². The van der Waals surface area contributed by atoms with Gasteiger partial charge in [-0.2, -0.15) is 12.1 Å². The van der Waals surface area contributed by atoms with Crippen LogP contribution in [0.2, 0.25) is 13.1 Å². The van der Waals surface area contributed by atoms with Gasteiger partial charge in [0.2, 0.25) is 0 Å². The Morgan fingerprint density at radius 1 is 0.347 bits per heavy atom. The maximum absolute atomic E-state index is 4.93. The topological polar surface area (TPSA) is 0 Å². The molecule has 4 heteroatoms. The van der Waals surface area contributed by atoms with E-state index in [4.69, 9.17) is 17.0 Å². The van der Waals surface area contributed by atoms with Crippen LogP contribution in [0.3, 0.4) is 0 Å². The molecule has 0 saturated carbocycles. The standard InChI is InChI=1S/2C33H31.C2H6Si.2ClH.Zr/c2*1-22-14-23(2)17-28(16-22)30-12-13-31(29-18-24(3)15-25(4)19-29)33-21-27(20-32(30)33)11-10-26-8-6-5-7-9-26;1-3-2;;;/h2*5-9,12-21H,10-11H2,1-4H3;1-2H3;2*1H;/q2*-1;;;;+4/p-2. The minimum absolute atomic E-state index is 0.826. The number of halogens is 2. The van der Waals surface area contributed by atoms with Crippen LogP contribution in [0.5, 0.6) is 0 Å². The Balaban J connectivity index is 0.000000191. The quantitative estimate of drug-likeness (QED) is 0.0946. The Morgan fingerprint density at radius 3 is 0.875 bits per heavy atom. The summed E-state index contributed by atoms with van der Waals surface area (Å²) in [7, 11) is 11.0. The monoisotopic (exact) mass is 1070 g/mol. The predicted octanol–water partition coefficient (Wildman–Crippen LogP) is 20.0. The van der Waals surface area contributed by atoms with Crippen molar-refractivity contribution in [3.8, 4) is 44.5 Å². The number of benzene rings is 8. The molecule has 10 rings (SSSR count). The van der Waals surface area contributed by atoms with Gasteiger partial charge in [0.05, 0.1) is 0 Å². The summed E-state index contributed by atoms with van der Waals surface area (Å²) in [4.78, 5) is 0. The second kappa shape index (κ2) is 26.0. The minimum atomic E-state index is -0.826. The number of rotatable bonds is 10. The fourth-order valence-corrected chi connectivity index (χ4v) is 10.4. The number of fused-ring (bicyclic) bond motifs is 2. The van der Waals surface area contributed by atoms with Crippen molar-refractivity contribution in [1.82, 2.24) is 0 Å². The molecule has 362 valence electrons. The normalized spacial score (nSPS) is 10.7. The van der Waals surface area contributed by atoms with Crippen molar-refractivity contribution in [2.75, 3.05) is 0 Å². The molecule has 0 bridgehead atoms. The van der Waals surface area contributed by atoms with Gasteiger partial charge in [0, 0.05) is 9.52 Å². The summed E-state index contributed by atoms with van der Waals surface area (Å²) in [5.74, 6) is 0. The van der Waals surface area contributed by atoms with Gasteiger partial charge in [0.1, 0.15) is 0 Å². The summed E-state index contributed by atoms with van der Waals surface area (Å²) < 4.78 is 0. The first kappa shape index (κ1) is 54.4. The Bertz CT molecular complexity index is 2890. The molecule has 2 radical (unpaired) electrons. The maximum atomic E-state index is 4.93. The van der Waals surface area contributed by atoms with Gasteiger partial charge in [-0.05, 0) is 103 Å². The van der Waals surface area contributed by atoms with Crippen molar-refractivity contribution >= 4 is 48.1 Å². The van der Waals surface area contributed by atoms with E-state index in [1.165, 1.54) is 133 Å². The summed E-state index contributed by atoms with van der Waals surface area (Å²) in [6.07, 6.45) is 4.23. The van der Waals surface area contributed by atoms with Crippen LogP contribution >= 0.6 is 17.0 Å². The van der Waals surface area contributed by atoms with Gasteiger partial charge >= 0.3 is 37.9 Å². The van der Waals surface area contributed by atoms with Crippen LogP contribution in [0.1, 0.15) is 66.8 Å². The van der Waals surface area contributed by atoms with Gasteiger partial charge in [-0.15, -0.1) is 44.8 Å². The van der Waals surface area contributed by atoms with E-state index in [-0.39, 0.29) is 0 Å². The molecule has 0 heterocycles. The van der Waals surface area contributed by atoms with Crippen LogP contribution in [0.15, 0.2) is 182 Å². The number of hydrogen-bond acceptors (Lipinski definition) is 0. The molecule has 0 N–H and O–H groups in total. The van der Waals surface area contributed by atoms with Crippen molar-refractivity contribution in [1.29, 1.82) is 0 Å². The van der Waals surface area contributed by atoms with Gasteiger partial charge in [-0.3, -0.25) is 0 Å². The first-order valence-corrected chi connectivity index (χ1v) is 33.5. The fraction of sp³-hybridized carbons (Fsp3) is 0.206. The van der Waals surface area contributed by atoms with E-state index in [0.29, 0.717) is 0 Å². The average molecular weight is 1080 g/mol. The molecule has 0 fully saturated rings. The molecule has 0 unspecified atom stereocenters. The van der Waals surface area contributed by atoms with Gasteiger partial charge in [0.15, 0.2) is 0 Å². The van der Waals surface area contributed by atoms with Crippen molar-refractivity contribution in [3.63, 3.8) is 0 Å². The molecular weight excluding hydrogens is 1010 g/mol. The Hall–Kier alpha value is -5.34. The zero-order chi connectivity index (χ0) is 51.3. The Morgan fingerprint density at radius 2 is 0.597 bits per heavy atom. The average Bonchev–Trinajstić information content (AvgIpc) is 3.98. The number of hydrogen-bond donors (Lipinski definition) is 0. The van der Waals surface area contributed by atoms with Crippen molar-refractivity contribution in [3.05, 3.63) is 249 Å². The molecule has 0 aliphatic heterocycles. The van der Waals surface area contributed by atoms with Crippen LogP contribution in [-0.4, -0.2) is 9.52 Å². The molecule has 0 atom stereocenters. The summed E-state index contributed by atoms with van der Waals surface area (Å²) in [5.41, 5.74) is 26.7. The van der Waals surface area contributed by atoms with Crippen LogP contribution in [-0.2, 0) is 46.5 Å². The second-order valence-electron chi connectivity index (χ2n) is 19.8. The van der Waals surface area contributed by atoms with Crippen LogP contribution in [0, 0.1) is 55.4 Å². The van der Waals surface area contributed by atoms with Gasteiger partial charge in [-0.25, -0.2) is 0 Å². The molecule has 0 saturated heterocycles. The van der Waals surface area contributed by atoms with Gasteiger partial charge in [-0.1, -0.05) is 249 Å². The zero-order valence-corrected chi connectivity index (χ0v) is 48.9. The Labute approximate surface area is 452 Å². The molecule has 0 nitrogen and oxygen atoms in total. The molecule has 0 amide bonds. The SMILES string of the molecule is C[Si]C.Cc1cc(C)cc(-c2ccc(-c3cc(C)cc(C)c3)c3[cH-]c(CCc4ccccc4)cc23)c1.Cc1cc(C)cc(-c2ccc(-c3cc(C)cc(C)c3)c3[cH-]c(CCc4ccccc4)cc23)c1.[Cl][Zr+2][Cl]. The van der Waals surface area contributed by atoms with Crippen LogP contribution in [0.25, 0.3) is 66.1 Å². The van der Waals surface area contributed by atoms with Crippen LogP contribution < -0.4 is 0 Å².